The van der Waals surface area contributed by atoms with E-state index in [0.29, 0.717) is 23.7 Å². The van der Waals surface area contributed by atoms with Crippen molar-refractivity contribution in [3.63, 3.8) is 0 Å². The van der Waals surface area contributed by atoms with Gasteiger partial charge in [-0.15, -0.1) is 5.10 Å². The number of hydrogen-bond donors (Lipinski definition) is 1. The average Bonchev–Trinajstić information content (AvgIpc) is 2.94. The number of aryl methyl sites for hydroxylation is 1. The Hall–Kier alpha value is -2.70. The number of aromatic nitrogens is 3. The summed E-state index contributed by atoms with van der Waals surface area (Å²) >= 11 is 6.03. The van der Waals surface area contributed by atoms with Crippen LogP contribution in [0.2, 0.25) is 5.02 Å². The highest BCUT2D eigenvalue weighted by Crippen LogP contribution is 2.39. The van der Waals surface area contributed by atoms with Crippen LogP contribution in [-0.4, -0.2) is 39.0 Å². The second-order valence-electron chi connectivity index (χ2n) is 6.19. The molecule has 0 spiro atoms. The predicted molar refractivity (Wildman–Crippen MR) is 100 cm³/mol. The Labute approximate surface area is 155 Å². The van der Waals surface area contributed by atoms with E-state index in [-0.39, 0.29) is 5.78 Å². The fraction of sp³-hybridized carbons (Fsp3) is 0.211. The van der Waals surface area contributed by atoms with E-state index in [1.165, 1.54) is 0 Å². The monoisotopic (exact) mass is 368 g/mol. The number of benzene rings is 2. The number of aliphatic hydroxyl groups excluding tert-OH is 1. The maximum Gasteiger partial charge on any atom is 0.188 e. The van der Waals surface area contributed by atoms with E-state index in [9.17, 15) is 9.90 Å². The highest BCUT2D eigenvalue weighted by molar-refractivity contribution is 6.30. The molecule has 1 N–H and O–H groups in total. The highest BCUT2D eigenvalue weighted by Gasteiger charge is 2.25. The molecule has 3 aromatic rings. The third kappa shape index (κ3) is 2.77. The second kappa shape index (κ2) is 6.55. The van der Waals surface area contributed by atoms with E-state index in [0.717, 1.165) is 28.3 Å². The van der Waals surface area contributed by atoms with Gasteiger partial charge < -0.3 is 10.0 Å². The van der Waals surface area contributed by atoms with Crippen LogP contribution in [0.25, 0.3) is 11.3 Å². The lowest BCUT2D eigenvalue weighted by atomic mass is 10.0. The molecule has 2 aromatic carbocycles. The van der Waals surface area contributed by atoms with Gasteiger partial charge in [0, 0.05) is 28.4 Å². The minimum atomic E-state index is -0.516. The smallest absolute Gasteiger partial charge is 0.188 e. The van der Waals surface area contributed by atoms with Gasteiger partial charge in [-0.1, -0.05) is 22.9 Å². The predicted octanol–water partition coefficient (Wildman–Crippen LogP) is 3.23. The molecule has 4 rings (SSSR count). The van der Waals surface area contributed by atoms with Crippen molar-refractivity contribution in [3.8, 4) is 11.3 Å². The zero-order chi connectivity index (χ0) is 18.3. The van der Waals surface area contributed by atoms with Crippen LogP contribution in [0.4, 0.5) is 11.4 Å². The summed E-state index contributed by atoms with van der Waals surface area (Å²) in [5, 5.41) is 18.3. The van der Waals surface area contributed by atoms with Gasteiger partial charge in [0.1, 0.15) is 6.61 Å². The lowest BCUT2D eigenvalue weighted by Crippen LogP contribution is -2.21. The quantitative estimate of drug-likeness (QED) is 0.718. The number of halogens is 1. The van der Waals surface area contributed by atoms with Crippen molar-refractivity contribution in [3.05, 3.63) is 58.7 Å². The number of aliphatic hydroxyl groups is 1. The Kier molecular flexibility index (Phi) is 4.22. The van der Waals surface area contributed by atoms with Crippen molar-refractivity contribution in [1.29, 1.82) is 0 Å². The molecule has 6 nitrogen and oxygen atoms in total. The lowest BCUT2D eigenvalue weighted by Gasteiger charge is -2.25. The summed E-state index contributed by atoms with van der Waals surface area (Å²) in [4.78, 5) is 14.2. The molecular weight excluding hydrogens is 352 g/mol. The number of Topliss-reactive ketones (excluding diaryl/α,β-unsaturated/α-hetero) is 1. The van der Waals surface area contributed by atoms with Crippen molar-refractivity contribution in [2.45, 2.75) is 13.5 Å². The third-order valence-corrected chi connectivity index (χ3v) is 4.84. The summed E-state index contributed by atoms with van der Waals surface area (Å²) in [6.45, 7) is 2.74. The van der Waals surface area contributed by atoms with Crippen molar-refractivity contribution in [2.24, 2.45) is 0 Å². The molecule has 26 heavy (non-hydrogen) atoms. The van der Waals surface area contributed by atoms with Crippen LogP contribution in [-0.2, 0) is 6.54 Å². The maximum absolute atomic E-state index is 12.0. The highest BCUT2D eigenvalue weighted by atomic mass is 35.5. The molecule has 0 saturated heterocycles. The molecule has 1 aliphatic rings. The van der Waals surface area contributed by atoms with Crippen LogP contribution in [0.3, 0.4) is 0 Å². The third-order valence-electron chi connectivity index (χ3n) is 4.59. The number of carbonyl (C=O) groups is 1. The lowest BCUT2D eigenvalue weighted by molar-refractivity contribution is 0.0904. The van der Waals surface area contributed by atoms with Gasteiger partial charge in [-0.05, 0) is 43.3 Å². The summed E-state index contributed by atoms with van der Waals surface area (Å²) < 4.78 is 1.89. The van der Waals surface area contributed by atoms with Crippen LogP contribution in [0.1, 0.15) is 16.1 Å². The molecule has 132 valence electrons. The Bertz CT molecular complexity index is 982. The zero-order valence-corrected chi connectivity index (χ0v) is 14.9. The molecule has 1 aliphatic heterocycles. The minimum absolute atomic E-state index is 0.309. The number of carbonyl (C=O) groups excluding carboxylic acids is 1. The first-order chi connectivity index (χ1) is 12.6. The van der Waals surface area contributed by atoms with Gasteiger partial charge in [-0.25, -0.2) is 4.68 Å². The molecule has 7 heteroatoms. The standard InChI is InChI=1S/C19H17ClN4O2/c1-12-19-16-7-2-13(18(26)11-25)10-17(16)23(8-9-24(19)22-21-12)15-5-3-14(20)4-6-15/h2-7,10,25H,8-9,11H2,1H3. The van der Waals surface area contributed by atoms with Gasteiger partial charge in [0.15, 0.2) is 5.78 Å². The number of nitrogens with zero attached hydrogens (tertiary/aromatic N) is 4. The molecule has 0 fully saturated rings. The molecule has 0 radical (unpaired) electrons. The van der Waals surface area contributed by atoms with Crippen molar-refractivity contribution in [2.75, 3.05) is 18.1 Å². The van der Waals surface area contributed by atoms with Gasteiger partial charge in [-0.3, -0.25) is 4.79 Å². The van der Waals surface area contributed by atoms with Gasteiger partial charge in [0.05, 0.1) is 23.6 Å². The Balaban J connectivity index is 1.92. The van der Waals surface area contributed by atoms with Crippen molar-refractivity contribution < 1.29 is 9.90 Å². The Morgan fingerprint density at radius 3 is 2.69 bits per heavy atom. The number of ketones is 1. The van der Waals surface area contributed by atoms with Gasteiger partial charge in [-0.2, -0.15) is 0 Å². The van der Waals surface area contributed by atoms with E-state index in [1.54, 1.807) is 6.07 Å². The molecule has 0 saturated carbocycles. The van der Waals surface area contributed by atoms with Crippen LogP contribution < -0.4 is 4.90 Å². The topological polar surface area (TPSA) is 71.2 Å². The summed E-state index contributed by atoms with van der Waals surface area (Å²) in [6, 6.07) is 13.0. The summed E-state index contributed by atoms with van der Waals surface area (Å²) in [5.74, 6) is -0.309. The van der Waals surface area contributed by atoms with E-state index in [2.05, 4.69) is 15.2 Å². The molecular formula is C19H17ClN4O2. The van der Waals surface area contributed by atoms with Gasteiger partial charge >= 0.3 is 0 Å². The Morgan fingerprint density at radius 2 is 1.96 bits per heavy atom. The van der Waals surface area contributed by atoms with Crippen LogP contribution in [0.15, 0.2) is 42.5 Å². The number of rotatable bonds is 3. The molecule has 0 aliphatic carbocycles. The fourth-order valence-corrected chi connectivity index (χ4v) is 3.44. The fourth-order valence-electron chi connectivity index (χ4n) is 3.31. The summed E-state index contributed by atoms with van der Waals surface area (Å²) in [7, 11) is 0. The molecule has 0 unspecified atom stereocenters. The molecule has 1 aromatic heterocycles. The average molecular weight is 369 g/mol. The van der Waals surface area contributed by atoms with E-state index in [4.69, 9.17) is 11.6 Å². The normalized spacial score (nSPS) is 13.1. The van der Waals surface area contributed by atoms with E-state index >= 15 is 0 Å². The maximum atomic E-state index is 12.0. The molecule has 2 heterocycles. The van der Waals surface area contributed by atoms with E-state index < -0.39 is 6.61 Å². The van der Waals surface area contributed by atoms with Gasteiger partial charge in [0.2, 0.25) is 0 Å². The second-order valence-corrected chi connectivity index (χ2v) is 6.62. The molecule has 0 bridgehead atoms. The largest absolute Gasteiger partial charge is 0.388 e. The SMILES string of the molecule is Cc1nnn2c1-c1ccc(C(=O)CO)cc1N(c1ccc(Cl)cc1)CC2. The van der Waals surface area contributed by atoms with Crippen LogP contribution in [0.5, 0.6) is 0 Å². The van der Waals surface area contributed by atoms with Gasteiger partial charge in [0.25, 0.3) is 0 Å². The summed E-state index contributed by atoms with van der Waals surface area (Å²) in [5.41, 5.74) is 5.07. The summed E-state index contributed by atoms with van der Waals surface area (Å²) in [6.07, 6.45) is 0. The van der Waals surface area contributed by atoms with Crippen LogP contribution in [0, 0.1) is 6.92 Å². The Morgan fingerprint density at radius 1 is 1.19 bits per heavy atom. The van der Waals surface area contributed by atoms with E-state index in [1.807, 2.05) is 48.0 Å². The van der Waals surface area contributed by atoms with Crippen molar-refractivity contribution in [1.82, 2.24) is 15.0 Å². The number of fused-ring (bicyclic) bond motifs is 3. The number of anilines is 2. The first-order valence-electron chi connectivity index (χ1n) is 8.30. The van der Waals surface area contributed by atoms with Crippen molar-refractivity contribution >= 4 is 28.8 Å². The first-order valence-corrected chi connectivity index (χ1v) is 8.68. The molecule has 0 atom stereocenters. The zero-order valence-electron chi connectivity index (χ0n) is 14.2. The number of hydrogen-bond acceptors (Lipinski definition) is 5. The minimum Gasteiger partial charge on any atom is -0.388 e. The first kappa shape index (κ1) is 16.8. The van der Waals surface area contributed by atoms with Crippen LogP contribution >= 0.6 is 11.6 Å². The molecule has 0 amide bonds.